The van der Waals surface area contributed by atoms with E-state index in [0.29, 0.717) is 18.5 Å². The van der Waals surface area contributed by atoms with Crippen LogP contribution in [0.15, 0.2) is 24.3 Å². The van der Waals surface area contributed by atoms with E-state index in [2.05, 4.69) is 20.6 Å². The highest BCUT2D eigenvalue weighted by atomic mass is 32.1. The maximum Gasteiger partial charge on any atom is 0.251 e. The van der Waals surface area contributed by atoms with Crippen LogP contribution in [-0.4, -0.2) is 32.3 Å². The summed E-state index contributed by atoms with van der Waals surface area (Å²) >= 11 is 1.50. The van der Waals surface area contributed by atoms with E-state index < -0.39 is 0 Å². The van der Waals surface area contributed by atoms with Crippen molar-refractivity contribution in [1.29, 1.82) is 0 Å². The highest BCUT2D eigenvalue weighted by molar-refractivity contribution is 7.16. The van der Waals surface area contributed by atoms with Gasteiger partial charge in [-0.2, -0.15) is 9.61 Å². The summed E-state index contributed by atoms with van der Waals surface area (Å²) in [4.78, 5) is 12.9. The zero-order valence-corrected chi connectivity index (χ0v) is 12.6. The standard InChI is InChI=1S/C14H15N5OS/c1-9-5-3-4-6-11(9)13(20)15-8-7-12-18-19-10(2)16-17-14(19)21-12/h3-6H,7-8H2,1-2H3,(H,15,20). The first-order chi connectivity index (χ1) is 10.1. The summed E-state index contributed by atoms with van der Waals surface area (Å²) in [5.41, 5.74) is 1.69. The average Bonchev–Trinajstić information content (AvgIpc) is 3.02. The molecule has 2 heterocycles. The van der Waals surface area contributed by atoms with Crippen molar-refractivity contribution in [3.05, 3.63) is 46.2 Å². The molecule has 0 aliphatic heterocycles. The molecule has 0 bridgehead atoms. The monoisotopic (exact) mass is 301 g/mol. The minimum absolute atomic E-state index is 0.0488. The maximum atomic E-state index is 12.1. The van der Waals surface area contributed by atoms with Gasteiger partial charge in [-0.1, -0.05) is 29.5 Å². The molecule has 0 aliphatic rings. The first kappa shape index (κ1) is 13.7. The summed E-state index contributed by atoms with van der Waals surface area (Å²) in [5, 5.41) is 16.2. The summed E-state index contributed by atoms with van der Waals surface area (Å²) in [6.07, 6.45) is 0.686. The normalized spacial score (nSPS) is 11.0. The Morgan fingerprint density at radius 2 is 2.10 bits per heavy atom. The number of nitrogens with one attached hydrogen (secondary N) is 1. The Hall–Kier alpha value is -2.28. The highest BCUT2D eigenvalue weighted by Crippen LogP contribution is 2.13. The quantitative estimate of drug-likeness (QED) is 0.797. The smallest absolute Gasteiger partial charge is 0.251 e. The van der Waals surface area contributed by atoms with Gasteiger partial charge in [0.2, 0.25) is 4.96 Å². The highest BCUT2D eigenvalue weighted by Gasteiger charge is 2.10. The second kappa shape index (κ2) is 5.61. The van der Waals surface area contributed by atoms with E-state index in [1.54, 1.807) is 4.52 Å². The van der Waals surface area contributed by atoms with Gasteiger partial charge in [-0.05, 0) is 25.5 Å². The topological polar surface area (TPSA) is 72.2 Å². The van der Waals surface area contributed by atoms with Crippen LogP contribution in [0.4, 0.5) is 0 Å². The SMILES string of the molecule is Cc1ccccc1C(=O)NCCc1nn2c(C)nnc2s1. The zero-order valence-electron chi connectivity index (χ0n) is 11.8. The molecular formula is C14H15N5OS. The van der Waals surface area contributed by atoms with E-state index in [-0.39, 0.29) is 5.91 Å². The van der Waals surface area contributed by atoms with Gasteiger partial charge in [0.25, 0.3) is 5.91 Å². The molecule has 1 amide bonds. The minimum atomic E-state index is -0.0488. The number of fused-ring (bicyclic) bond motifs is 1. The third-order valence-electron chi connectivity index (χ3n) is 3.20. The van der Waals surface area contributed by atoms with Gasteiger partial charge in [0.15, 0.2) is 5.82 Å². The number of aryl methyl sites for hydroxylation is 2. The van der Waals surface area contributed by atoms with Crippen LogP contribution in [0.25, 0.3) is 4.96 Å². The molecule has 0 spiro atoms. The van der Waals surface area contributed by atoms with E-state index in [4.69, 9.17) is 0 Å². The van der Waals surface area contributed by atoms with Crippen molar-refractivity contribution in [2.24, 2.45) is 0 Å². The van der Waals surface area contributed by atoms with Crippen molar-refractivity contribution < 1.29 is 4.79 Å². The fraction of sp³-hybridized carbons (Fsp3) is 0.286. The van der Waals surface area contributed by atoms with Crippen molar-refractivity contribution in [3.63, 3.8) is 0 Å². The molecule has 0 radical (unpaired) electrons. The van der Waals surface area contributed by atoms with E-state index in [1.807, 2.05) is 38.1 Å². The lowest BCUT2D eigenvalue weighted by atomic mass is 10.1. The molecule has 108 valence electrons. The van der Waals surface area contributed by atoms with Crippen LogP contribution < -0.4 is 5.32 Å². The van der Waals surface area contributed by atoms with Crippen molar-refractivity contribution in [2.75, 3.05) is 6.54 Å². The first-order valence-electron chi connectivity index (χ1n) is 6.66. The number of hydrogen-bond donors (Lipinski definition) is 1. The first-order valence-corrected chi connectivity index (χ1v) is 7.48. The molecule has 6 nitrogen and oxygen atoms in total. The third kappa shape index (κ3) is 2.78. The molecule has 0 unspecified atom stereocenters. The second-order valence-electron chi connectivity index (χ2n) is 4.76. The predicted molar refractivity (Wildman–Crippen MR) is 80.6 cm³/mol. The molecule has 3 aromatic rings. The minimum Gasteiger partial charge on any atom is -0.352 e. The number of hydrogen-bond acceptors (Lipinski definition) is 5. The summed E-state index contributed by atoms with van der Waals surface area (Å²) < 4.78 is 1.73. The number of benzene rings is 1. The molecule has 21 heavy (non-hydrogen) atoms. The Kier molecular flexibility index (Phi) is 3.66. The molecule has 1 aromatic carbocycles. The molecule has 7 heteroatoms. The zero-order chi connectivity index (χ0) is 14.8. The summed E-state index contributed by atoms with van der Waals surface area (Å²) in [6.45, 7) is 4.35. The van der Waals surface area contributed by atoms with Crippen LogP contribution in [0, 0.1) is 13.8 Å². The summed E-state index contributed by atoms with van der Waals surface area (Å²) in [7, 11) is 0. The molecule has 3 rings (SSSR count). The lowest BCUT2D eigenvalue weighted by Gasteiger charge is -2.06. The third-order valence-corrected chi connectivity index (χ3v) is 4.16. The lowest BCUT2D eigenvalue weighted by molar-refractivity contribution is 0.0953. The average molecular weight is 301 g/mol. The van der Waals surface area contributed by atoms with Crippen LogP contribution in [0.2, 0.25) is 0 Å². The lowest BCUT2D eigenvalue weighted by Crippen LogP contribution is -2.26. The van der Waals surface area contributed by atoms with E-state index >= 15 is 0 Å². The van der Waals surface area contributed by atoms with E-state index in [9.17, 15) is 4.79 Å². The number of aromatic nitrogens is 4. The van der Waals surface area contributed by atoms with Crippen LogP contribution in [0.1, 0.15) is 26.8 Å². The van der Waals surface area contributed by atoms with Crippen LogP contribution in [0.3, 0.4) is 0 Å². The Bertz CT molecular complexity index is 792. The predicted octanol–water partition coefficient (Wildman–Crippen LogP) is 1.78. The van der Waals surface area contributed by atoms with E-state index in [0.717, 1.165) is 21.4 Å². The molecule has 0 atom stereocenters. The molecule has 0 aliphatic carbocycles. The van der Waals surface area contributed by atoms with Crippen molar-refractivity contribution >= 4 is 22.2 Å². The number of amides is 1. The number of nitrogens with zero attached hydrogens (tertiary/aromatic N) is 4. The molecular weight excluding hydrogens is 286 g/mol. The van der Waals surface area contributed by atoms with Crippen molar-refractivity contribution in [3.8, 4) is 0 Å². The van der Waals surface area contributed by atoms with Gasteiger partial charge >= 0.3 is 0 Å². The molecule has 2 aromatic heterocycles. The molecule has 0 saturated heterocycles. The molecule has 0 fully saturated rings. The Labute approximate surface area is 125 Å². The van der Waals surface area contributed by atoms with Crippen LogP contribution in [0.5, 0.6) is 0 Å². The van der Waals surface area contributed by atoms with Gasteiger partial charge in [-0.25, -0.2) is 0 Å². The van der Waals surface area contributed by atoms with Gasteiger partial charge in [-0.15, -0.1) is 10.2 Å². The fourth-order valence-corrected chi connectivity index (χ4v) is 2.94. The molecule has 1 N–H and O–H groups in total. The van der Waals surface area contributed by atoms with Crippen LogP contribution in [-0.2, 0) is 6.42 Å². The van der Waals surface area contributed by atoms with Gasteiger partial charge in [0.05, 0.1) is 0 Å². The van der Waals surface area contributed by atoms with Gasteiger partial charge in [0, 0.05) is 18.5 Å². The molecule has 0 saturated carbocycles. The Morgan fingerprint density at radius 3 is 2.86 bits per heavy atom. The van der Waals surface area contributed by atoms with Gasteiger partial charge in [-0.3, -0.25) is 4.79 Å². The second-order valence-corrected chi connectivity index (χ2v) is 5.80. The summed E-state index contributed by atoms with van der Waals surface area (Å²) in [5.74, 6) is 0.726. The largest absolute Gasteiger partial charge is 0.352 e. The van der Waals surface area contributed by atoms with Gasteiger partial charge < -0.3 is 5.32 Å². The summed E-state index contributed by atoms with van der Waals surface area (Å²) in [6, 6.07) is 7.55. The Morgan fingerprint density at radius 1 is 1.29 bits per heavy atom. The van der Waals surface area contributed by atoms with Crippen molar-refractivity contribution in [1.82, 2.24) is 25.1 Å². The number of carbonyl (C=O) groups is 1. The van der Waals surface area contributed by atoms with Gasteiger partial charge in [0.1, 0.15) is 5.01 Å². The Balaban J connectivity index is 1.61. The fourth-order valence-electron chi connectivity index (χ4n) is 2.06. The van der Waals surface area contributed by atoms with Crippen molar-refractivity contribution in [2.45, 2.75) is 20.3 Å². The van der Waals surface area contributed by atoms with Crippen LogP contribution >= 0.6 is 11.3 Å². The van der Waals surface area contributed by atoms with E-state index in [1.165, 1.54) is 11.3 Å². The number of rotatable bonds is 4. The number of carbonyl (C=O) groups excluding carboxylic acids is 1. The maximum absolute atomic E-state index is 12.1.